The van der Waals surface area contributed by atoms with Gasteiger partial charge in [-0.15, -0.1) is 0 Å². The highest BCUT2D eigenvalue weighted by Gasteiger charge is 2.27. The first-order valence-electron chi connectivity index (χ1n) is 9.59. The van der Waals surface area contributed by atoms with E-state index in [0.717, 1.165) is 11.3 Å². The Morgan fingerprint density at radius 1 is 1.23 bits per heavy atom. The molecule has 1 N–H and O–H groups in total. The normalized spacial score (nSPS) is 15.4. The molecule has 0 atom stereocenters. The number of methoxy groups -OCH3 is 1. The number of ether oxygens (including phenoxy) is 1. The molecule has 0 unspecified atom stereocenters. The Hall–Kier alpha value is -2.29. The van der Waals surface area contributed by atoms with Gasteiger partial charge in [-0.1, -0.05) is 23.7 Å². The summed E-state index contributed by atoms with van der Waals surface area (Å²) in [5, 5.41) is 9.48. The van der Waals surface area contributed by atoms with Gasteiger partial charge in [-0.25, -0.2) is 8.42 Å². The Labute approximate surface area is 181 Å². The molecule has 1 fully saturated rings. The molecule has 1 aliphatic rings. The maximum Gasteiger partial charge on any atom is 0.306 e. The molecule has 0 spiro atoms. The van der Waals surface area contributed by atoms with Gasteiger partial charge in [0, 0.05) is 37.4 Å². The fraction of sp³-hybridized carbons (Fsp3) is 0.381. The van der Waals surface area contributed by atoms with Crippen LogP contribution in [-0.2, 0) is 21.4 Å². The van der Waals surface area contributed by atoms with Crippen molar-refractivity contribution in [1.29, 1.82) is 0 Å². The summed E-state index contributed by atoms with van der Waals surface area (Å²) in [6.45, 7) is 1.50. The van der Waals surface area contributed by atoms with Crippen molar-refractivity contribution in [3.8, 4) is 5.75 Å². The third-order valence-corrected chi connectivity index (χ3v) is 7.40. The van der Waals surface area contributed by atoms with Crippen molar-refractivity contribution >= 4 is 33.3 Å². The highest BCUT2D eigenvalue weighted by molar-refractivity contribution is 7.89. The molecule has 3 rings (SSSR count). The summed E-state index contributed by atoms with van der Waals surface area (Å²) in [4.78, 5) is 13.3. The van der Waals surface area contributed by atoms with Crippen molar-refractivity contribution in [2.75, 3.05) is 32.1 Å². The van der Waals surface area contributed by atoms with E-state index in [2.05, 4.69) is 4.90 Å². The molecular formula is C21H25ClN2O5S. The van der Waals surface area contributed by atoms with Gasteiger partial charge in [-0.2, -0.15) is 4.31 Å². The van der Waals surface area contributed by atoms with E-state index in [1.165, 1.54) is 30.6 Å². The van der Waals surface area contributed by atoms with Crippen LogP contribution in [0.25, 0.3) is 0 Å². The number of hydrogen-bond donors (Lipinski definition) is 1. The van der Waals surface area contributed by atoms with E-state index in [0.29, 0.717) is 31.0 Å². The number of carbonyl (C=O) groups is 1. The van der Waals surface area contributed by atoms with Gasteiger partial charge in [0.05, 0.1) is 13.0 Å². The minimum Gasteiger partial charge on any atom is -0.495 e. The van der Waals surface area contributed by atoms with Crippen LogP contribution in [0.3, 0.4) is 0 Å². The Kier molecular flexibility index (Phi) is 6.90. The summed E-state index contributed by atoms with van der Waals surface area (Å²) in [6, 6.07) is 12.2. The third kappa shape index (κ3) is 4.88. The largest absolute Gasteiger partial charge is 0.495 e. The van der Waals surface area contributed by atoms with Crippen molar-refractivity contribution in [2.45, 2.75) is 24.3 Å². The van der Waals surface area contributed by atoms with Crippen LogP contribution in [0, 0.1) is 5.92 Å². The number of hydrogen-bond acceptors (Lipinski definition) is 5. The Morgan fingerprint density at radius 2 is 1.93 bits per heavy atom. The average molecular weight is 453 g/mol. The number of aliphatic carboxylic acids is 1. The van der Waals surface area contributed by atoms with Crippen LogP contribution >= 0.6 is 11.6 Å². The van der Waals surface area contributed by atoms with Crippen LogP contribution in [0.1, 0.15) is 18.4 Å². The van der Waals surface area contributed by atoms with E-state index in [-0.39, 0.29) is 23.1 Å². The molecule has 30 heavy (non-hydrogen) atoms. The molecular weight excluding hydrogens is 428 g/mol. The van der Waals surface area contributed by atoms with E-state index in [9.17, 15) is 13.2 Å². The van der Waals surface area contributed by atoms with Crippen LogP contribution < -0.4 is 9.64 Å². The number of piperidine rings is 1. The minimum atomic E-state index is -3.81. The molecule has 2 aromatic rings. The maximum atomic E-state index is 13.1. The van der Waals surface area contributed by atoms with E-state index in [1.807, 2.05) is 24.3 Å². The second-order valence-electron chi connectivity index (χ2n) is 7.33. The number of carboxylic acids is 1. The number of nitrogens with zero attached hydrogens (tertiary/aromatic N) is 2. The molecule has 0 amide bonds. The molecule has 162 valence electrons. The molecule has 2 aromatic carbocycles. The van der Waals surface area contributed by atoms with E-state index in [4.69, 9.17) is 21.4 Å². The van der Waals surface area contributed by atoms with Gasteiger partial charge in [-0.3, -0.25) is 4.79 Å². The molecule has 0 radical (unpaired) electrons. The minimum absolute atomic E-state index is 0.0203. The number of rotatable bonds is 7. The van der Waals surface area contributed by atoms with Crippen LogP contribution in [-0.4, -0.2) is 51.0 Å². The van der Waals surface area contributed by atoms with Crippen molar-refractivity contribution in [3.63, 3.8) is 0 Å². The lowest BCUT2D eigenvalue weighted by Crippen LogP contribution is -2.36. The SMILES string of the molecule is COc1ccc(Cl)cc1S(=O)(=O)N(C)Cc1cccc(N2CCC(C(=O)O)CC2)c1. The average Bonchev–Trinajstić information content (AvgIpc) is 2.74. The molecule has 0 saturated carbocycles. The third-order valence-electron chi connectivity index (χ3n) is 5.34. The molecule has 1 heterocycles. The summed E-state index contributed by atoms with van der Waals surface area (Å²) >= 11 is 6.00. The molecule has 1 saturated heterocycles. The Morgan fingerprint density at radius 3 is 2.57 bits per heavy atom. The first-order chi connectivity index (χ1) is 14.2. The summed E-state index contributed by atoms with van der Waals surface area (Å²) in [6.07, 6.45) is 1.20. The van der Waals surface area contributed by atoms with Gasteiger partial charge < -0.3 is 14.7 Å². The predicted molar refractivity (Wildman–Crippen MR) is 116 cm³/mol. The highest BCUT2D eigenvalue weighted by atomic mass is 35.5. The fourth-order valence-corrected chi connectivity index (χ4v) is 5.17. The van der Waals surface area contributed by atoms with Crippen LogP contribution in [0.4, 0.5) is 5.69 Å². The maximum absolute atomic E-state index is 13.1. The Balaban J connectivity index is 1.76. The van der Waals surface area contributed by atoms with Crippen LogP contribution in [0.5, 0.6) is 5.75 Å². The quantitative estimate of drug-likeness (QED) is 0.692. The zero-order valence-electron chi connectivity index (χ0n) is 16.9. The van der Waals surface area contributed by atoms with Crippen molar-refractivity contribution < 1.29 is 23.1 Å². The lowest BCUT2D eigenvalue weighted by Gasteiger charge is -2.32. The monoisotopic (exact) mass is 452 g/mol. The zero-order valence-corrected chi connectivity index (χ0v) is 18.5. The lowest BCUT2D eigenvalue weighted by molar-refractivity contribution is -0.142. The number of benzene rings is 2. The highest BCUT2D eigenvalue weighted by Crippen LogP contribution is 2.30. The summed E-state index contributed by atoms with van der Waals surface area (Å²) in [7, 11) is -0.881. The first kappa shape index (κ1) is 22.4. The van der Waals surface area contributed by atoms with Crippen LogP contribution in [0.15, 0.2) is 47.4 Å². The number of sulfonamides is 1. The molecule has 0 aromatic heterocycles. The van der Waals surface area contributed by atoms with Gasteiger partial charge in [0.25, 0.3) is 0 Å². The number of halogens is 1. The fourth-order valence-electron chi connectivity index (χ4n) is 3.60. The molecule has 9 heteroatoms. The summed E-state index contributed by atoms with van der Waals surface area (Å²) in [5.41, 5.74) is 1.79. The zero-order chi connectivity index (χ0) is 21.9. The van der Waals surface area contributed by atoms with E-state index < -0.39 is 16.0 Å². The van der Waals surface area contributed by atoms with Crippen molar-refractivity contribution in [3.05, 3.63) is 53.1 Å². The van der Waals surface area contributed by atoms with Gasteiger partial charge in [0.1, 0.15) is 10.6 Å². The first-order valence-corrected chi connectivity index (χ1v) is 11.4. The van der Waals surface area contributed by atoms with E-state index >= 15 is 0 Å². The van der Waals surface area contributed by atoms with E-state index in [1.54, 1.807) is 6.07 Å². The van der Waals surface area contributed by atoms with Gasteiger partial charge >= 0.3 is 5.97 Å². The summed E-state index contributed by atoms with van der Waals surface area (Å²) < 4.78 is 32.6. The molecule has 1 aliphatic heterocycles. The Bertz CT molecular complexity index is 1020. The van der Waals surface area contributed by atoms with Gasteiger partial charge in [-0.05, 0) is 48.7 Å². The second kappa shape index (κ2) is 9.24. The van der Waals surface area contributed by atoms with Gasteiger partial charge in [0.15, 0.2) is 0 Å². The standard InChI is InChI=1S/C21H25ClN2O5S/c1-23(30(27,28)20-13-17(22)6-7-19(20)29-2)14-15-4-3-5-18(12-15)24-10-8-16(9-11-24)21(25)26/h3-7,12-13,16H,8-11,14H2,1-2H3,(H,25,26). The molecule has 0 aliphatic carbocycles. The molecule has 7 nitrogen and oxygen atoms in total. The second-order valence-corrected chi connectivity index (χ2v) is 9.78. The van der Waals surface area contributed by atoms with Crippen LogP contribution in [0.2, 0.25) is 5.02 Å². The smallest absolute Gasteiger partial charge is 0.306 e. The van der Waals surface area contributed by atoms with Gasteiger partial charge in [0.2, 0.25) is 10.0 Å². The molecule has 0 bridgehead atoms. The summed E-state index contributed by atoms with van der Waals surface area (Å²) in [5.74, 6) is -0.804. The number of anilines is 1. The number of carboxylic acid groups (broad SMARTS) is 1. The van der Waals surface area contributed by atoms with Crippen molar-refractivity contribution in [2.24, 2.45) is 5.92 Å². The topological polar surface area (TPSA) is 87.2 Å². The lowest BCUT2D eigenvalue weighted by atomic mass is 9.96. The predicted octanol–water partition coefficient (Wildman–Crippen LogP) is 3.47. The van der Waals surface area contributed by atoms with Crippen molar-refractivity contribution in [1.82, 2.24) is 4.31 Å².